The molecule has 0 aliphatic rings. The van der Waals surface area contributed by atoms with Crippen LogP contribution in [0.4, 0.5) is 5.69 Å². The predicted octanol–water partition coefficient (Wildman–Crippen LogP) is 3.98. The molecule has 0 aliphatic carbocycles. The third-order valence-electron chi connectivity index (χ3n) is 3.10. The number of anilines is 1. The van der Waals surface area contributed by atoms with Crippen molar-refractivity contribution < 1.29 is 5.11 Å². The number of aryl methyl sites for hydroxylation is 1. The zero-order valence-corrected chi connectivity index (χ0v) is 10.7. The first-order valence-electron chi connectivity index (χ1n) is 6.39. The van der Waals surface area contributed by atoms with Crippen LogP contribution in [-0.4, -0.2) is 5.11 Å². The molecule has 2 nitrogen and oxygen atoms in total. The molecule has 0 atom stereocenters. The van der Waals surface area contributed by atoms with Gasteiger partial charge in [0.15, 0.2) is 0 Å². The molecule has 2 aromatic carbocycles. The van der Waals surface area contributed by atoms with E-state index in [1.807, 2.05) is 30.3 Å². The van der Waals surface area contributed by atoms with Gasteiger partial charge in [-0.3, -0.25) is 0 Å². The van der Waals surface area contributed by atoms with E-state index in [0.717, 1.165) is 36.1 Å². The smallest absolute Gasteiger partial charge is 0.123 e. The van der Waals surface area contributed by atoms with Gasteiger partial charge >= 0.3 is 0 Å². The largest absolute Gasteiger partial charge is 0.507 e. The summed E-state index contributed by atoms with van der Waals surface area (Å²) in [5, 5.41) is 10.1. The normalized spacial score (nSPS) is 10.5. The number of aromatic hydroxyl groups is 1. The van der Waals surface area contributed by atoms with Gasteiger partial charge in [0.1, 0.15) is 5.75 Å². The Hall–Kier alpha value is -1.96. The number of phenolic OH excluding ortho intramolecular Hbond substituents is 1. The van der Waals surface area contributed by atoms with Gasteiger partial charge in [-0.05, 0) is 42.2 Å². The molecule has 0 aliphatic heterocycles. The molecule has 2 heteroatoms. The maximum absolute atomic E-state index is 10.1. The highest BCUT2D eigenvalue weighted by molar-refractivity contribution is 5.75. The van der Waals surface area contributed by atoms with E-state index in [4.69, 9.17) is 5.73 Å². The summed E-state index contributed by atoms with van der Waals surface area (Å²) in [6.07, 6.45) is 3.25. The molecule has 0 spiro atoms. The summed E-state index contributed by atoms with van der Waals surface area (Å²) in [6.45, 7) is 2.17. The molecule has 0 fully saturated rings. The molecule has 0 saturated heterocycles. The van der Waals surface area contributed by atoms with Crippen molar-refractivity contribution in [3.05, 3.63) is 48.0 Å². The Balaban J connectivity index is 2.48. The fraction of sp³-hybridized carbons (Fsp3) is 0.250. The van der Waals surface area contributed by atoms with Crippen molar-refractivity contribution in [3.63, 3.8) is 0 Å². The molecule has 0 aromatic heterocycles. The molecule has 0 bridgehead atoms. The fourth-order valence-electron chi connectivity index (χ4n) is 2.19. The van der Waals surface area contributed by atoms with Crippen LogP contribution < -0.4 is 5.73 Å². The summed E-state index contributed by atoms with van der Waals surface area (Å²) in [5.74, 6) is 0.328. The highest BCUT2D eigenvalue weighted by atomic mass is 16.3. The van der Waals surface area contributed by atoms with E-state index in [1.165, 1.54) is 5.56 Å². The van der Waals surface area contributed by atoms with Crippen LogP contribution in [0.1, 0.15) is 25.3 Å². The van der Waals surface area contributed by atoms with E-state index in [9.17, 15) is 5.11 Å². The molecule has 0 heterocycles. The first-order chi connectivity index (χ1) is 8.72. The van der Waals surface area contributed by atoms with Gasteiger partial charge in [0.05, 0.1) is 0 Å². The molecule has 94 valence electrons. The minimum absolute atomic E-state index is 0.328. The van der Waals surface area contributed by atoms with Crippen LogP contribution in [0.15, 0.2) is 42.5 Å². The zero-order valence-electron chi connectivity index (χ0n) is 10.7. The second-order valence-electron chi connectivity index (χ2n) is 4.54. The zero-order chi connectivity index (χ0) is 13.0. The molecule has 3 N–H and O–H groups in total. The van der Waals surface area contributed by atoms with Gasteiger partial charge in [-0.25, -0.2) is 0 Å². The second-order valence-corrected chi connectivity index (χ2v) is 4.54. The highest BCUT2D eigenvalue weighted by Crippen LogP contribution is 2.34. The van der Waals surface area contributed by atoms with Gasteiger partial charge < -0.3 is 10.8 Å². The Morgan fingerprint density at radius 3 is 2.61 bits per heavy atom. The van der Waals surface area contributed by atoms with E-state index in [1.54, 1.807) is 6.07 Å². The van der Waals surface area contributed by atoms with Gasteiger partial charge in [0.2, 0.25) is 0 Å². The summed E-state index contributed by atoms with van der Waals surface area (Å²) in [7, 11) is 0. The van der Waals surface area contributed by atoms with Crippen molar-refractivity contribution in [2.75, 3.05) is 5.73 Å². The Labute approximate surface area is 108 Å². The molecular weight excluding hydrogens is 222 g/mol. The number of benzene rings is 2. The van der Waals surface area contributed by atoms with Crippen LogP contribution in [0.2, 0.25) is 0 Å². The number of nitrogen functional groups attached to an aromatic ring is 1. The Morgan fingerprint density at radius 2 is 1.89 bits per heavy atom. The van der Waals surface area contributed by atoms with Crippen molar-refractivity contribution in [1.29, 1.82) is 0 Å². The van der Waals surface area contributed by atoms with E-state index in [2.05, 4.69) is 13.0 Å². The van der Waals surface area contributed by atoms with Gasteiger partial charge in [-0.1, -0.05) is 37.6 Å². The Kier molecular flexibility index (Phi) is 3.88. The van der Waals surface area contributed by atoms with Gasteiger partial charge in [0.25, 0.3) is 0 Å². The maximum Gasteiger partial charge on any atom is 0.123 e. The highest BCUT2D eigenvalue weighted by Gasteiger charge is 2.09. The molecule has 0 radical (unpaired) electrons. The number of nitrogens with two attached hydrogens (primary N) is 1. The number of phenols is 1. The summed E-state index contributed by atoms with van der Waals surface area (Å²) >= 11 is 0. The monoisotopic (exact) mass is 241 g/mol. The van der Waals surface area contributed by atoms with Crippen molar-refractivity contribution in [2.24, 2.45) is 0 Å². The van der Waals surface area contributed by atoms with Crippen LogP contribution in [0.5, 0.6) is 5.75 Å². The number of hydrogen-bond acceptors (Lipinski definition) is 2. The van der Waals surface area contributed by atoms with Crippen molar-refractivity contribution in [1.82, 2.24) is 0 Å². The van der Waals surface area contributed by atoms with Crippen molar-refractivity contribution >= 4 is 5.69 Å². The maximum atomic E-state index is 10.1. The van der Waals surface area contributed by atoms with Crippen LogP contribution in [0.3, 0.4) is 0 Å². The third kappa shape index (κ3) is 2.65. The lowest BCUT2D eigenvalue weighted by molar-refractivity contribution is 0.476. The van der Waals surface area contributed by atoms with Crippen molar-refractivity contribution in [3.8, 4) is 16.9 Å². The molecule has 0 unspecified atom stereocenters. The molecule has 18 heavy (non-hydrogen) atoms. The summed E-state index contributed by atoms with van der Waals surface area (Å²) in [5.41, 5.74) is 9.62. The fourth-order valence-corrected chi connectivity index (χ4v) is 2.19. The molecule has 2 rings (SSSR count). The first-order valence-corrected chi connectivity index (χ1v) is 6.39. The third-order valence-corrected chi connectivity index (χ3v) is 3.10. The van der Waals surface area contributed by atoms with Gasteiger partial charge in [0, 0.05) is 11.3 Å². The molecule has 0 saturated carbocycles. The lowest BCUT2D eigenvalue weighted by Gasteiger charge is -2.12. The number of hydrogen-bond donors (Lipinski definition) is 2. The van der Waals surface area contributed by atoms with E-state index < -0.39 is 0 Å². The quantitative estimate of drug-likeness (QED) is 0.795. The summed E-state index contributed by atoms with van der Waals surface area (Å²) in [4.78, 5) is 0. The summed E-state index contributed by atoms with van der Waals surface area (Å²) in [6, 6.07) is 13.4. The minimum atomic E-state index is 0.328. The van der Waals surface area contributed by atoms with Gasteiger partial charge in [-0.2, -0.15) is 0 Å². The lowest BCUT2D eigenvalue weighted by Crippen LogP contribution is -1.92. The van der Waals surface area contributed by atoms with Crippen molar-refractivity contribution in [2.45, 2.75) is 26.2 Å². The van der Waals surface area contributed by atoms with E-state index in [0.29, 0.717) is 5.75 Å². The standard InChI is InChI=1S/C16H19NO/c1-2-3-6-12-7-5-10-15(18)16(12)13-8-4-9-14(17)11-13/h4-5,7-11,18H,2-3,6,17H2,1H3. The predicted molar refractivity (Wildman–Crippen MR) is 76.6 cm³/mol. The second kappa shape index (κ2) is 5.58. The van der Waals surface area contributed by atoms with Crippen LogP contribution in [0.25, 0.3) is 11.1 Å². The minimum Gasteiger partial charge on any atom is -0.507 e. The topological polar surface area (TPSA) is 46.2 Å². The summed E-state index contributed by atoms with van der Waals surface area (Å²) < 4.78 is 0. The first kappa shape index (κ1) is 12.5. The molecular formula is C16H19NO. The Morgan fingerprint density at radius 1 is 1.11 bits per heavy atom. The Bertz CT molecular complexity index is 534. The average Bonchev–Trinajstić information content (AvgIpc) is 2.36. The molecule has 2 aromatic rings. The SMILES string of the molecule is CCCCc1cccc(O)c1-c1cccc(N)c1. The van der Waals surface area contributed by atoms with Crippen LogP contribution >= 0.6 is 0 Å². The van der Waals surface area contributed by atoms with Crippen LogP contribution in [-0.2, 0) is 6.42 Å². The van der Waals surface area contributed by atoms with E-state index in [-0.39, 0.29) is 0 Å². The molecule has 0 amide bonds. The average molecular weight is 241 g/mol. The number of unbranched alkanes of at least 4 members (excludes halogenated alkanes) is 1. The lowest BCUT2D eigenvalue weighted by atomic mass is 9.95. The number of rotatable bonds is 4. The van der Waals surface area contributed by atoms with Gasteiger partial charge in [-0.15, -0.1) is 0 Å². The van der Waals surface area contributed by atoms with Crippen LogP contribution in [0, 0.1) is 0 Å². The van der Waals surface area contributed by atoms with E-state index >= 15 is 0 Å².